The highest BCUT2D eigenvalue weighted by Gasteiger charge is 2.21. The topological polar surface area (TPSA) is 32.7 Å². The van der Waals surface area contributed by atoms with Crippen molar-refractivity contribution < 1.29 is 9.84 Å². The Morgan fingerprint density at radius 1 is 1.33 bits per heavy atom. The summed E-state index contributed by atoms with van der Waals surface area (Å²) in [6.07, 6.45) is 6.65. The number of nitrogens with zero attached hydrogens (tertiary/aromatic N) is 1. The average molecular weight is 291 g/mol. The summed E-state index contributed by atoms with van der Waals surface area (Å²) in [4.78, 5) is 2.57. The van der Waals surface area contributed by atoms with Crippen molar-refractivity contribution in [3.05, 3.63) is 23.8 Å². The van der Waals surface area contributed by atoms with Gasteiger partial charge in [-0.25, -0.2) is 0 Å². The molecule has 21 heavy (non-hydrogen) atoms. The van der Waals surface area contributed by atoms with Gasteiger partial charge in [-0.15, -0.1) is 0 Å². The van der Waals surface area contributed by atoms with Crippen LogP contribution >= 0.6 is 0 Å². The Bertz CT molecular complexity index is 447. The van der Waals surface area contributed by atoms with Crippen LogP contribution in [-0.4, -0.2) is 30.2 Å². The molecule has 1 aromatic carbocycles. The quantitative estimate of drug-likeness (QED) is 0.874. The molecular weight excluding hydrogens is 262 g/mol. The molecule has 1 heterocycles. The van der Waals surface area contributed by atoms with E-state index in [2.05, 4.69) is 18.7 Å². The molecule has 1 fully saturated rings. The molecule has 0 bridgehead atoms. The molecule has 1 saturated heterocycles. The highest BCUT2D eigenvalue weighted by Crippen LogP contribution is 2.32. The Kier molecular flexibility index (Phi) is 5.92. The number of methoxy groups -OCH3 is 1. The van der Waals surface area contributed by atoms with E-state index >= 15 is 0 Å². The Labute approximate surface area is 128 Å². The standard InChI is InChI=1S/C18H29NO2/c1-4-6-15-7-5-11-19(12-10-15)14(2)16-8-9-17(20)18(13-16)21-3/h8-9,13-15,20H,4-7,10-12H2,1-3H3. The first-order valence-corrected chi connectivity index (χ1v) is 8.26. The van der Waals surface area contributed by atoms with Gasteiger partial charge in [-0.3, -0.25) is 4.90 Å². The molecule has 0 aromatic heterocycles. The minimum absolute atomic E-state index is 0.215. The third-order valence-corrected chi connectivity index (χ3v) is 4.81. The van der Waals surface area contributed by atoms with Gasteiger partial charge in [0.1, 0.15) is 0 Å². The van der Waals surface area contributed by atoms with Crippen LogP contribution in [0.2, 0.25) is 0 Å². The lowest BCUT2D eigenvalue weighted by Crippen LogP contribution is -2.28. The van der Waals surface area contributed by atoms with Crippen LogP contribution in [0.1, 0.15) is 57.6 Å². The number of hydrogen-bond donors (Lipinski definition) is 1. The van der Waals surface area contributed by atoms with E-state index in [4.69, 9.17) is 4.74 Å². The van der Waals surface area contributed by atoms with Gasteiger partial charge in [0.05, 0.1) is 7.11 Å². The Morgan fingerprint density at radius 2 is 2.14 bits per heavy atom. The van der Waals surface area contributed by atoms with E-state index in [0.717, 1.165) is 5.92 Å². The summed E-state index contributed by atoms with van der Waals surface area (Å²) in [5, 5.41) is 9.73. The van der Waals surface area contributed by atoms with E-state index in [1.165, 1.54) is 50.8 Å². The number of aromatic hydroxyl groups is 1. The maximum Gasteiger partial charge on any atom is 0.160 e. The molecule has 2 atom stereocenters. The number of hydrogen-bond acceptors (Lipinski definition) is 3. The molecule has 0 saturated carbocycles. The second-order valence-electron chi connectivity index (χ2n) is 6.23. The highest BCUT2D eigenvalue weighted by atomic mass is 16.5. The SMILES string of the molecule is CCCC1CCCN(C(C)c2ccc(O)c(OC)c2)CC1. The van der Waals surface area contributed by atoms with E-state index in [-0.39, 0.29) is 5.75 Å². The van der Waals surface area contributed by atoms with Gasteiger partial charge in [-0.2, -0.15) is 0 Å². The summed E-state index contributed by atoms with van der Waals surface area (Å²) in [6.45, 7) is 6.89. The molecule has 0 spiro atoms. The van der Waals surface area contributed by atoms with Gasteiger partial charge >= 0.3 is 0 Å². The lowest BCUT2D eigenvalue weighted by atomic mass is 9.96. The van der Waals surface area contributed by atoms with E-state index in [1.54, 1.807) is 13.2 Å². The molecule has 0 aliphatic carbocycles. The number of ether oxygens (including phenoxy) is 1. The summed E-state index contributed by atoms with van der Waals surface area (Å²) in [6, 6.07) is 6.09. The molecule has 3 heteroatoms. The van der Waals surface area contributed by atoms with Gasteiger partial charge in [-0.1, -0.05) is 25.8 Å². The van der Waals surface area contributed by atoms with E-state index in [9.17, 15) is 5.11 Å². The predicted molar refractivity (Wildman–Crippen MR) is 86.9 cm³/mol. The molecule has 1 N–H and O–H groups in total. The van der Waals surface area contributed by atoms with Crippen LogP contribution in [0.3, 0.4) is 0 Å². The van der Waals surface area contributed by atoms with Crippen molar-refractivity contribution >= 4 is 0 Å². The first kappa shape index (κ1) is 16.2. The Hall–Kier alpha value is -1.22. The lowest BCUT2D eigenvalue weighted by molar-refractivity contribution is 0.215. The van der Waals surface area contributed by atoms with Crippen LogP contribution in [0.25, 0.3) is 0 Å². The van der Waals surface area contributed by atoms with Crippen molar-refractivity contribution in [2.24, 2.45) is 5.92 Å². The molecule has 2 rings (SSSR count). The highest BCUT2D eigenvalue weighted by molar-refractivity contribution is 5.42. The molecule has 1 aromatic rings. The maximum absolute atomic E-state index is 9.73. The maximum atomic E-state index is 9.73. The molecule has 2 unspecified atom stereocenters. The van der Waals surface area contributed by atoms with Crippen molar-refractivity contribution in [2.45, 2.75) is 52.0 Å². The van der Waals surface area contributed by atoms with Gasteiger partial charge in [0.2, 0.25) is 0 Å². The van der Waals surface area contributed by atoms with Crippen molar-refractivity contribution in [2.75, 3.05) is 20.2 Å². The number of phenolic OH excluding ortho intramolecular Hbond substituents is 1. The van der Waals surface area contributed by atoms with Crippen molar-refractivity contribution in [3.8, 4) is 11.5 Å². The molecule has 0 amide bonds. The monoisotopic (exact) mass is 291 g/mol. The van der Waals surface area contributed by atoms with Crippen LogP contribution in [-0.2, 0) is 0 Å². The predicted octanol–water partition coefficient (Wildman–Crippen LogP) is 4.36. The summed E-state index contributed by atoms with van der Waals surface area (Å²) in [5.74, 6) is 1.69. The minimum atomic E-state index is 0.215. The van der Waals surface area contributed by atoms with Crippen molar-refractivity contribution in [1.82, 2.24) is 4.90 Å². The average Bonchev–Trinajstić information content (AvgIpc) is 2.73. The second-order valence-corrected chi connectivity index (χ2v) is 6.23. The number of likely N-dealkylation sites (tertiary alicyclic amines) is 1. The summed E-state index contributed by atoms with van der Waals surface area (Å²) in [5.41, 5.74) is 1.22. The smallest absolute Gasteiger partial charge is 0.160 e. The summed E-state index contributed by atoms with van der Waals surface area (Å²) in [7, 11) is 1.60. The number of phenols is 1. The zero-order valence-electron chi connectivity index (χ0n) is 13.6. The molecule has 1 aliphatic rings. The zero-order valence-corrected chi connectivity index (χ0v) is 13.6. The summed E-state index contributed by atoms with van der Waals surface area (Å²) < 4.78 is 5.23. The van der Waals surface area contributed by atoms with Crippen molar-refractivity contribution in [1.29, 1.82) is 0 Å². The molecule has 3 nitrogen and oxygen atoms in total. The fourth-order valence-electron chi connectivity index (χ4n) is 3.44. The Balaban J connectivity index is 2.04. The molecule has 1 aliphatic heterocycles. The van der Waals surface area contributed by atoms with Crippen LogP contribution < -0.4 is 4.74 Å². The van der Waals surface area contributed by atoms with Gasteiger partial charge in [0.25, 0.3) is 0 Å². The molecule has 0 radical (unpaired) electrons. The van der Waals surface area contributed by atoms with E-state index < -0.39 is 0 Å². The number of benzene rings is 1. The lowest BCUT2D eigenvalue weighted by Gasteiger charge is -2.28. The third-order valence-electron chi connectivity index (χ3n) is 4.81. The van der Waals surface area contributed by atoms with E-state index in [1.807, 2.05) is 12.1 Å². The zero-order chi connectivity index (χ0) is 15.2. The molecular formula is C18H29NO2. The van der Waals surface area contributed by atoms with E-state index in [0.29, 0.717) is 11.8 Å². The van der Waals surface area contributed by atoms with Crippen LogP contribution in [0.5, 0.6) is 11.5 Å². The Morgan fingerprint density at radius 3 is 2.86 bits per heavy atom. The fraction of sp³-hybridized carbons (Fsp3) is 0.667. The van der Waals surface area contributed by atoms with Crippen LogP contribution in [0.15, 0.2) is 18.2 Å². The van der Waals surface area contributed by atoms with Gasteiger partial charge < -0.3 is 9.84 Å². The fourth-order valence-corrected chi connectivity index (χ4v) is 3.44. The van der Waals surface area contributed by atoms with Crippen LogP contribution in [0.4, 0.5) is 0 Å². The van der Waals surface area contributed by atoms with Crippen molar-refractivity contribution in [3.63, 3.8) is 0 Å². The second kappa shape index (κ2) is 7.69. The normalized spacial score (nSPS) is 21.8. The minimum Gasteiger partial charge on any atom is -0.504 e. The third kappa shape index (κ3) is 4.13. The van der Waals surface area contributed by atoms with Gasteiger partial charge in [0, 0.05) is 6.04 Å². The largest absolute Gasteiger partial charge is 0.504 e. The van der Waals surface area contributed by atoms with Crippen LogP contribution in [0, 0.1) is 5.92 Å². The first-order chi connectivity index (χ1) is 10.2. The number of rotatable bonds is 5. The van der Waals surface area contributed by atoms with Gasteiger partial charge in [0.15, 0.2) is 11.5 Å². The first-order valence-electron chi connectivity index (χ1n) is 8.26. The molecule has 118 valence electrons. The summed E-state index contributed by atoms with van der Waals surface area (Å²) >= 11 is 0. The van der Waals surface area contributed by atoms with Gasteiger partial charge in [-0.05, 0) is 62.9 Å².